The number of carbonyl (C=O) groups is 2. The minimum absolute atomic E-state index is 0. The first-order valence-corrected chi connectivity index (χ1v) is 5.90. The molecule has 1 aromatic rings. The summed E-state index contributed by atoms with van der Waals surface area (Å²) in [5, 5.41) is 5.33. The van der Waals surface area contributed by atoms with E-state index in [-0.39, 0.29) is 43.4 Å². The van der Waals surface area contributed by atoms with Crippen molar-refractivity contribution in [1.29, 1.82) is 0 Å². The van der Waals surface area contributed by atoms with Gasteiger partial charge in [0.25, 0.3) is 0 Å². The summed E-state index contributed by atoms with van der Waals surface area (Å²) in [4.78, 5) is 23.1. The first-order valence-electron chi connectivity index (χ1n) is 5.90. The van der Waals surface area contributed by atoms with Gasteiger partial charge in [-0.1, -0.05) is 0 Å². The molecule has 0 spiro atoms. The fourth-order valence-corrected chi connectivity index (χ4v) is 2.09. The molecule has 108 valence electrons. The number of carbonyl (C=O) groups excluding carboxylic acids is 2. The number of nitrogens with two attached hydrogens (primary N) is 1. The highest BCUT2D eigenvalue weighted by Crippen LogP contribution is 2.38. The van der Waals surface area contributed by atoms with Crippen molar-refractivity contribution in [2.24, 2.45) is 5.92 Å². The lowest BCUT2D eigenvalue weighted by atomic mass is 10.1. The van der Waals surface area contributed by atoms with Gasteiger partial charge in [-0.2, -0.15) is 0 Å². The molecule has 1 unspecified atom stereocenters. The molecular weight excluding hydrogens is 286 g/mol. The van der Waals surface area contributed by atoms with E-state index in [1.165, 1.54) is 0 Å². The summed E-state index contributed by atoms with van der Waals surface area (Å²) in [6.07, 6.45) is 0.205. The molecule has 2 aliphatic rings. The molecule has 7 nitrogen and oxygen atoms in total. The standard InChI is InChI=1S/C12H13N3O4.ClH/c13-7-2-9-10(19-5-18-9)3-8(7)15-12(17)6-1-11(16)14-4-6;/h2-3,6H,1,4-5,13H2,(H,14,16)(H,15,17);1H. The first kappa shape index (κ1) is 14.3. The lowest BCUT2D eigenvalue weighted by Crippen LogP contribution is -2.25. The van der Waals surface area contributed by atoms with Gasteiger partial charge in [0.05, 0.1) is 17.3 Å². The second kappa shape index (κ2) is 5.46. The zero-order valence-electron chi connectivity index (χ0n) is 10.5. The van der Waals surface area contributed by atoms with Crippen LogP contribution in [0.2, 0.25) is 0 Å². The number of hydrogen-bond acceptors (Lipinski definition) is 5. The van der Waals surface area contributed by atoms with Crippen LogP contribution in [0.5, 0.6) is 11.5 Å². The minimum atomic E-state index is -0.364. The van der Waals surface area contributed by atoms with Crippen molar-refractivity contribution in [2.45, 2.75) is 6.42 Å². The third-order valence-electron chi connectivity index (χ3n) is 3.15. The Hall–Kier alpha value is -2.15. The van der Waals surface area contributed by atoms with Crippen LogP contribution in [-0.2, 0) is 9.59 Å². The van der Waals surface area contributed by atoms with Crippen LogP contribution in [0.15, 0.2) is 12.1 Å². The summed E-state index contributed by atoms with van der Waals surface area (Å²) in [5.74, 6) is 0.401. The summed E-state index contributed by atoms with van der Waals surface area (Å²) >= 11 is 0. The van der Waals surface area contributed by atoms with Crippen LogP contribution >= 0.6 is 12.4 Å². The Kier molecular flexibility index (Phi) is 3.89. The number of fused-ring (bicyclic) bond motifs is 1. The van der Waals surface area contributed by atoms with Crippen LogP contribution in [-0.4, -0.2) is 25.2 Å². The van der Waals surface area contributed by atoms with E-state index in [1.54, 1.807) is 12.1 Å². The number of ether oxygens (including phenoxy) is 2. The molecule has 1 aromatic carbocycles. The number of rotatable bonds is 2. The van der Waals surface area contributed by atoms with Crippen LogP contribution in [0.4, 0.5) is 11.4 Å². The maximum absolute atomic E-state index is 12.0. The number of nitrogens with one attached hydrogen (secondary N) is 2. The van der Waals surface area contributed by atoms with E-state index in [4.69, 9.17) is 15.2 Å². The topological polar surface area (TPSA) is 103 Å². The second-order valence-corrected chi connectivity index (χ2v) is 4.49. The zero-order chi connectivity index (χ0) is 13.4. The zero-order valence-corrected chi connectivity index (χ0v) is 11.3. The highest BCUT2D eigenvalue weighted by atomic mass is 35.5. The quantitative estimate of drug-likeness (QED) is 0.690. The molecule has 2 aliphatic heterocycles. The van der Waals surface area contributed by atoms with Gasteiger partial charge in [0.2, 0.25) is 18.6 Å². The van der Waals surface area contributed by atoms with Crippen LogP contribution in [0.1, 0.15) is 6.42 Å². The number of halogens is 1. The molecule has 0 bridgehead atoms. The fraction of sp³-hybridized carbons (Fsp3) is 0.333. The molecule has 2 amide bonds. The lowest BCUT2D eigenvalue weighted by Gasteiger charge is -2.12. The maximum atomic E-state index is 12.0. The average Bonchev–Trinajstić information content (AvgIpc) is 2.98. The number of amides is 2. The normalized spacial score (nSPS) is 19.2. The second-order valence-electron chi connectivity index (χ2n) is 4.49. The van der Waals surface area contributed by atoms with E-state index in [1.807, 2.05) is 0 Å². The van der Waals surface area contributed by atoms with E-state index in [0.717, 1.165) is 0 Å². The van der Waals surface area contributed by atoms with Crippen molar-refractivity contribution >= 4 is 35.6 Å². The summed E-state index contributed by atoms with van der Waals surface area (Å²) in [7, 11) is 0. The Balaban J connectivity index is 0.00000147. The van der Waals surface area contributed by atoms with Crippen molar-refractivity contribution in [1.82, 2.24) is 5.32 Å². The number of anilines is 2. The van der Waals surface area contributed by atoms with Gasteiger partial charge in [-0.05, 0) is 0 Å². The highest BCUT2D eigenvalue weighted by molar-refractivity contribution is 5.99. The van der Waals surface area contributed by atoms with Gasteiger partial charge in [0.1, 0.15) is 0 Å². The van der Waals surface area contributed by atoms with Crippen LogP contribution in [0, 0.1) is 5.92 Å². The van der Waals surface area contributed by atoms with E-state index >= 15 is 0 Å². The largest absolute Gasteiger partial charge is 0.454 e. The minimum Gasteiger partial charge on any atom is -0.454 e. The van der Waals surface area contributed by atoms with Gasteiger partial charge in [-0.25, -0.2) is 0 Å². The molecule has 1 atom stereocenters. The van der Waals surface area contributed by atoms with E-state index in [2.05, 4.69) is 10.6 Å². The third-order valence-corrected chi connectivity index (χ3v) is 3.15. The summed E-state index contributed by atoms with van der Waals surface area (Å²) in [6, 6.07) is 3.23. The Bertz CT molecular complexity index is 564. The maximum Gasteiger partial charge on any atom is 0.231 e. The van der Waals surface area contributed by atoms with Crippen molar-refractivity contribution in [3.8, 4) is 11.5 Å². The highest BCUT2D eigenvalue weighted by Gasteiger charge is 2.28. The van der Waals surface area contributed by atoms with Gasteiger partial charge < -0.3 is 25.8 Å². The van der Waals surface area contributed by atoms with E-state index in [0.29, 0.717) is 29.4 Å². The van der Waals surface area contributed by atoms with Crippen LogP contribution in [0.3, 0.4) is 0 Å². The molecule has 8 heteroatoms. The molecule has 0 aromatic heterocycles. The van der Waals surface area contributed by atoms with E-state index < -0.39 is 0 Å². The Morgan fingerprint density at radius 3 is 2.70 bits per heavy atom. The van der Waals surface area contributed by atoms with Gasteiger partial charge in [0, 0.05) is 25.1 Å². The van der Waals surface area contributed by atoms with Gasteiger partial charge in [-0.3, -0.25) is 9.59 Å². The van der Waals surface area contributed by atoms with Crippen molar-refractivity contribution < 1.29 is 19.1 Å². The molecule has 0 radical (unpaired) electrons. The molecule has 4 N–H and O–H groups in total. The Morgan fingerprint density at radius 1 is 1.35 bits per heavy atom. The monoisotopic (exact) mass is 299 g/mol. The fourth-order valence-electron chi connectivity index (χ4n) is 2.09. The summed E-state index contributed by atoms with van der Waals surface area (Å²) < 4.78 is 10.4. The number of nitrogen functional groups attached to an aromatic ring is 1. The molecule has 1 saturated heterocycles. The van der Waals surface area contributed by atoms with E-state index in [9.17, 15) is 9.59 Å². The van der Waals surface area contributed by atoms with Crippen molar-refractivity contribution in [3.63, 3.8) is 0 Å². The van der Waals surface area contributed by atoms with Gasteiger partial charge >= 0.3 is 0 Å². The predicted octanol–water partition coefficient (Wildman–Crippen LogP) is 0.494. The molecule has 0 saturated carbocycles. The lowest BCUT2D eigenvalue weighted by molar-refractivity contribution is -0.123. The average molecular weight is 300 g/mol. The smallest absolute Gasteiger partial charge is 0.231 e. The third kappa shape index (κ3) is 2.57. The van der Waals surface area contributed by atoms with Crippen LogP contribution < -0.4 is 25.8 Å². The van der Waals surface area contributed by atoms with Crippen molar-refractivity contribution in [3.05, 3.63) is 12.1 Å². The Morgan fingerprint density at radius 2 is 2.05 bits per heavy atom. The molecule has 2 heterocycles. The first-order chi connectivity index (χ1) is 9.13. The molecule has 1 fully saturated rings. The predicted molar refractivity (Wildman–Crippen MR) is 74.0 cm³/mol. The SMILES string of the molecule is Cl.Nc1cc2c(cc1NC(=O)C1CNC(=O)C1)OCO2. The number of hydrogen-bond donors (Lipinski definition) is 3. The van der Waals surface area contributed by atoms with Gasteiger partial charge in [0.15, 0.2) is 11.5 Å². The summed E-state index contributed by atoms with van der Waals surface area (Å²) in [5.41, 5.74) is 6.70. The van der Waals surface area contributed by atoms with Crippen LogP contribution in [0.25, 0.3) is 0 Å². The summed E-state index contributed by atoms with van der Waals surface area (Å²) in [6.45, 7) is 0.502. The molecule has 0 aliphatic carbocycles. The molecule has 20 heavy (non-hydrogen) atoms. The van der Waals surface area contributed by atoms with Gasteiger partial charge in [-0.15, -0.1) is 12.4 Å². The van der Waals surface area contributed by atoms with Crippen molar-refractivity contribution in [2.75, 3.05) is 24.4 Å². The Labute approximate surface area is 121 Å². The number of benzene rings is 1. The molecule has 3 rings (SSSR count). The molecular formula is C12H14ClN3O4.